The summed E-state index contributed by atoms with van der Waals surface area (Å²) in [6, 6.07) is 8.13. The van der Waals surface area contributed by atoms with E-state index in [4.69, 9.17) is 0 Å². The van der Waals surface area contributed by atoms with E-state index in [1.165, 1.54) is 10.9 Å². The highest BCUT2D eigenvalue weighted by atomic mass is 16.1. The number of rotatable bonds is 4. The van der Waals surface area contributed by atoms with Gasteiger partial charge in [-0.25, -0.2) is 0 Å². The third kappa shape index (κ3) is 1.62. The minimum Gasteiger partial charge on any atom is -0.361 e. The van der Waals surface area contributed by atoms with Crippen molar-refractivity contribution in [3.05, 3.63) is 36.0 Å². The fourth-order valence-corrected chi connectivity index (χ4v) is 1.59. The van der Waals surface area contributed by atoms with E-state index in [1.54, 1.807) is 6.41 Å². The van der Waals surface area contributed by atoms with Crippen LogP contribution in [0.25, 0.3) is 10.9 Å². The molecule has 0 atom stereocenters. The van der Waals surface area contributed by atoms with Crippen LogP contribution in [0.2, 0.25) is 0 Å². The average molecular weight is 187 g/mol. The summed E-state index contributed by atoms with van der Waals surface area (Å²) in [5.74, 6) is 0. The Morgan fingerprint density at radius 2 is 2.21 bits per heavy atom. The Bertz CT molecular complexity index is 434. The molecule has 71 valence electrons. The molecule has 0 saturated heterocycles. The third-order valence-electron chi connectivity index (χ3n) is 2.27. The first-order valence-corrected chi connectivity index (χ1v) is 4.57. The van der Waals surface area contributed by atoms with E-state index >= 15 is 0 Å². The highest BCUT2D eigenvalue weighted by molar-refractivity contribution is 5.83. The lowest BCUT2D eigenvalue weighted by atomic mass is 10.1. The largest absolute Gasteiger partial charge is 0.361 e. The third-order valence-corrected chi connectivity index (χ3v) is 2.27. The second kappa shape index (κ2) is 3.96. The van der Waals surface area contributed by atoms with Crippen molar-refractivity contribution >= 4 is 17.3 Å². The predicted octanol–water partition coefficient (Wildman–Crippen LogP) is 1.37. The number of fused-ring (bicyclic) bond motifs is 1. The Balaban J connectivity index is 2.20. The molecule has 2 rings (SSSR count). The normalized spacial score (nSPS) is 10.3. The molecule has 1 amide bonds. The number of aromatic nitrogens is 1. The van der Waals surface area contributed by atoms with Crippen LogP contribution in [0.15, 0.2) is 30.5 Å². The zero-order chi connectivity index (χ0) is 9.80. The van der Waals surface area contributed by atoms with Crippen LogP contribution in [0.5, 0.6) is 0 Å². The Morgan fingerprint density at radius 1 is 1.36 bits per heavy atom. The monoisotopic (exact) mass is 187 g/mol. The molecule has 0 aliphatic heterocycles. The van der Waals surface area contributed by atoms with E-state index < -0.39 is 0 Å². The Morgan fingerprint density at radius 3 is 3.07 bits per heavy atom. The van der Waals surface area contributed by atoms with Crippen molar-refractivity contribution in [1.29, 1.82) is 0 Å². The molecule has 0 unspecified atom stereocenters. The fraction of sp³-hybridized carbons (Fsp3) is 0.182. The zero-order valence-corrected chi connectivity index (χ0v) is 7.71. The van der Waals surface area contributed by atoms with E-state index in [9.17, 15) is 4.79 Å². The number of benzene rings is 1. The summed E-state index contributed by atoms with van der Waals surface area (Å²) in [5.41, 5.74) is 2.36. The summed E-state index contributed by atoms with van der Waals surface area (Å²) in [6.45, 7) is 0.630. The molecule has 1 radical (unpaired) electrons. The highest BCUT2D eigenvalue weighted by Gasteiger charge is 2.01. The molecule has 1 aromatic heterocycles. The number of amides is 1. The van der Waals surface area contributed by atoms with Crippen LogP contribution < -0.4 is 5.32 Å². The molecule has 3 nitrogen and oxygen atoms in total. The molecule has 0 aliphatic carbocycles. The maximum Gasteiger partial charge on any atom is 0.309 e. The van der Waals surface area contributed by atoms with Crippen LogP contribution in [0.3, 0.4) is 0 Å². The van der Waals surface area contributed by atoms with Crippen LogP contribution in [-0.4, -0.2) is 17.9 Å². The molecule has 1 heterocycles. The standard InChI is InChI=1S/C11H11N2O/c14-8-12-6-5-9-7-13-11-4-2-1-3-10(9)11/h1-4,7,13H,5-6H2,(H,12,14). The molecule has 2 N–H and O–H groups in total. The number of hydrogen-bond donors (Lipinski definition) is 2. The van der Waals surface area contributed by atoms with Gasteiger partial charge in [-0.05, 0) is 18.1 Å². The van der Waals surface area contributed by atoms with Gasteiger partial charge >= 0.3 is 6.41 Å². The molecule has 0 saturated carbocycles. The number of H-pyrrole nitrogens is 1. The van der Waals surface area contributed by atoms with Gasteiger partial charge in [0.25, 0.3) is 0 Å². The molecule has 0 aliphatic rings. The van der Waals surface area contributed by atoms with Crippen molar-refractivity contribution in [3.8, 4) is 0 Å². The smallest absolute Gasteiger partial charge is 0.309 e. The Labute approximate surface area is 82.1 Å². The van der Waals surface area contributed by atoms with Crippen LogP contribution >= 0.6 is 0 Å². The first-order valence-electron chi connectivity index (χ1n) is 4.57. The van der Waals surface area contributed by atoms with E-state index in [1.807, 2.05) is 24.4 Å². The van der Waals surface area contributed by atoms with Gasteiger partial charge in [-0.15, -0.1) is 0 Å². The van der Waals surface area contributed by atoms with Gasteiger partial charge in [0.1, 0.15) is 0 Å². The number of para-hydroxylation sites is 1. The Hall–Kier alpha value is -1.77. The topological polar surface area (TPSA) is 44.9 Å². The van der Waals surface area contributed by atoms with E-state index in [2.05, 4.69) is 16.4 Å². The molecule has 14 heavy (non-hydrogen) atoms. The lowest BCUT2D eigenvalue weighted by Gasteiger charge is -1.97. The molecule has 2 aromatic rings. The molecular weight excluding hydrogens is 176 g/mol. The quantitative estimate of drug-likeness (QED) is 0.551. The predicted molar refractivity (Wildman–Crippen MR) is 55.7 cm³/mol. The van der Waals surface area contributed by atoms with E-state index in [0.29, 0.717) is 6.54 Å². The molecule has 0 fully saturated rings. The molecule has 0 bridgehead atoms. The van der Waals surface area contributed by atoms with Gasteiger partial charge < -0.3 is 10.3 Å². The second-order valence-corrected chi connectivity index (χ2v) is 3.14. The maximum atomic E-state index is 9.95. The van der Waals surface area contributed by atoms with Crippen LogP contribution in [0.1, 0.15) is 5.56 Å². The van der Waals surface area contributed by atoms with Crippen LogP contribution in [0, 0.1) is 0 Å². The summed E-state index contributed by atoms with van der Waals surface area (Å²) in [5, 5.41) is 3.75. The van der Waals surface area contributed by atoms with Crippen LogP contribution in [-0.2, 0) is 11.2 Å². The highest BCUT2D eigenvalue weighted by Crippen LogP contribution is 2.17. The first kappa shape index (κ1) is 8.81. The summed E-state index contributed by atoms with van der Waals surface area (Å²) in [6.07, 6.45) is 4.48. The number of hydrogen-bond acceptors (Lipinski definition) is 1. The lowest BCUT2D eigenvalue weighted by molar-refractivity contribution is 0.542. The van der Waals surface area contributed by atoms with Crippen LogP contribution in [0.4, 0.5) is 0 Å². The number of aromatic amines is 1. The van der Waals surface area contributed by atoms with Crippen molar-refractivity contribution in [3.63, 3.8) is 0 Å². The van der Waals surface area contributed by atoms with Gasteiger partial charge in [0.2, 0.25) is 0 Å². The van der Waals surface area contributed by atoms with E-state index in [0.717, 1.165) is 11.9 Å². The van der Waals surface area contributed by atoms with Crippen molar-refractivity contribution in [2.45, 2.75) is 6.42 Å². The van der Waals surface area contributed by atoms with E-state index in [-0.39, 0.29) is 0 Å². The zero-order valence-electron chi connectivity index (χ0n) is 7.71. The maximum absolute atomic E-state index is 9.95. The molecule has 3 heteroatoms. The lowest BCUT2D eigenvalue weighted by Crippen LogP contribution is -2.13. The first-order chi connectivity index (χ1) is 6.92. The molecule has 1 aromatic carbocycles. The van der Waals surface area contributed by atoms with Gasteiger partial charge in [-0.2, -0.15) is 0 Å². The average Bonchev–Trinajstić information content (AvgIpc) is 2.63. The van der Waals surface area contributed by atoms with Gasteiger partial charge in [0, 0.05) is 23.6 Å². The minimum atomic E-state index is 0.630. The fourth-order valence-electron chi connectivity index (χ4n) is 1.59. The van der Waals surface area contributed by atoms with Crippen molar-refractivity contribution in [1.82, 2.24) is 10.3 Å². The summed E-state index contributed by atoms with van der Waals surface area (Å²) in [4.78, 5) is 13.1. The summed E-state index contributed by atoms with van der Waals surface area (Å²) >= 11 is 0. The number of carbonyl (C=O) groups excluding carboxylic acids is 1. The summed E-state index contributed by atoms with van der Waals surface area (Å²) in [7, 11) is 0. The Kier molecular flexibility index (Phi) is 2.49. The molecular formula is C11H11N2O. The van der Waals surface area contributed by atoms with Gasteiger partial charge in [-0.1, -0.05) is 18.2 Å². The molecule has 0 spiro atoms. The van der Waals surface area contributed by atoms with Gasteiger partial charge in [0.15, 0.2) is 0 Å². The minimum absolute atomic E-state index is 0.630. The van der Waals surface area contributed by atoms with Crippen molar-refractivity contribution in [2.75, 3.05) is 6.54 Å². The summed E-state index contributed by atoms with van der Waals surface area (Å²) < 4.78 is 0. The van der Waals surface area contributed by atoms with Crippen molar-refractivity contribution < 1.29 is 4.79 Å². The number of nitrogens with one attached hydrogen (secondary N) is 2. The SMILES string of the molecule is O=[C]NCCc1c[nH]c2ccccc12. The van der Waals surface area contributed by atoms with Gasteiger partial charge in [-0.3, -0.25) is 4.79 Å². The second-order valence-electron chi connectivity index (χ2n) is 3.14. The van der Waals surface area contributed by atoms with Gasteiger partial charge in [0.05, 0.1) is 0 Å². The van der Waals surface area contributed by atoms with Crippen molar-refractivity contribution in [2.24, 2.45) is 0 Å².